The zero-order valence-electron chi connectivity index (χ0n) is 10.9. The number of methoxy groups -OCH3 is 1. The van der Waals surface area contributed by atoms with Crippen LogP contribution < -0.4 is 5.32 Å². The van der Waals surface area contributed by atoms with Crippen LogP contribution in [0.4, 0.5) is 0 Å². The number of amides is 1. The van der Waals surface area contributed by atoms with Crippen molar-refractivity contribution in [2.45, 2.75) is 32.4 Å². The van der Waals surface area contributed by atoms with Crippen LogP contribution in [0.25, 0.3) is 0 Å². The molecule has 18 heavy (non-hydrogen) atoms. The minimum Gasteiger partial charge on any atom is -0.377 e. The zero-order valence-corrected chi connectivity index (χ0v) is 11.7. The highest BCUT2D eigenvalue weighted by Crippen LogP contribution is 2.18. The molecule has 1 aliphatic heterocycles. The van der Waals surface area contributed by atoms with Crippen molar-refractivity contribution in [1.82, 2.24) is 10.3 Å². The van der Waals surface area contributed by atoms with E-state index in [0.29, 0.717) is 19.6 Å². The summed E-state index contributed by atoms with van der Waals surface area (Å²) < 4.78 is 10.5. The molecular formula is C12H18N2O3S. The molecule has 2 rings (SSSR count). The van der Waals surface area contributed by atoms with Gasteiger partial charge < -0.3 is 14.8 Å². The Morgan fingerprint density at radius 3 is 2.94 bits per heavy atom. The number of hydrogen-bond acceptors (Lipinski definition) is 5. The summed E-state index contributed by atoms with van der Waals surface area (Å²) in [5, 5.41) is 3.95. The predicted molar refractivity (Wildman–Crippen MR) is 68.8 cm³/mol. The van der Waals surface area contributed by atoms with E-state index in [-0.39, 0.29) is 18.1 Å². The average molecular weight is 270 g/mol. The normalized spacial score (nSPS) is 23.3. The summed E-state index contributed by atoms with van der Waals surface area (Å²) in [5.74, 6) is -0.000648. The molecule has 100 valence electrons. The molecule has 0 spiro atoms. The van der Waals surface area contributed by atoms with Crippen molar-refractivity contribution in [3.8, 4) is 0 Å². The van der Waals surface area contributed by atoms with Gasteiger partial charge in [0.1, 0.15) is 6.10 Å². The fourth-order valence-corrected chi connectivity index (χ4v) is 2.98. The lowest BCUT2D eigenvalue weighted by atomic mass is 10.2. The molecule has 1 aromatic rings. The van der Waals surface area contributed by atoms with Crippen molar-refractivity contribution >= 4 is 17.2 Å². The average Bonchev–Trinajstić information content (AvgIpc) is 2.86. The van der Waals surface area contributed by atoms with Crippen molar-refractivity contribution < 1.29 is 14.3 Å². The lowest BCUT2D eigenvalue weighted by molar-refractivity contribution is -0.121. The monoisotopic (exact) mass is 270 g/mol. The van der Waals surface area contributed by atoms with Gasteiger partial charge in [-0.25, -0.2) is 4.98 Å². The van der Waals surface area contributed by atoms with E-state index in [1.54, 1.807) is 18.4 Å². The van der Waals surface area contributed by atoms with E-state index in [1.807, 2.05) is 13.8 Å². The summed E-state index contributed by atoms with van der Waals surface area (Å²) >= 11 is 1.57. The Hall–Kier alpha value is -0.980. The number of ether oxygens (including phenoxy) is 2. The Kier molecular flexibility index (Phi) is 4.31. The smallest absolute Gasteiger partial charge is 0.225 e. The van der Waals surface area contributed by atoms with Crippen LogP contribution in [0, 0.1) is 13.8 Å². The van der Waals surface area contributed by atoms with Crippen molar-refractivity contribution in [2.75, 3.05) is 20.3 Å². The van der Waals surface area contributed by atoms with Gasteiger partial charge in [-0.3, -0.25) is 4.79 Å². The van der Waals surface area contributed by atoms with Gasteiger partial charge in [0.05, 0.1) is 36.4 Å². The van der Waals surface area contributed by atoms with Crippen LogP contribution in [0.15, 0.2) is 0 Å². The fraction of sp³-hybridized carbons (Fsp3) is 0.667. The topological polar surface area (TPSA) is 60.5 Å². The SMILES string of the molecule is CO[C@H]1COC[C@@H]1NC(=O)Cc1sc(C)nc1C. The fourth-order valence-electron chi connectivity index (χ4n) is 2.04. The van der Waals surface area contributed by atoms with Gasteiger partial charge in [0, 0.05) is 12.0 Å². The first-order valence-corrected chi connectivity index (χ1v) is 6.74. The van der Waals surface area contributed by atoms with Crippen molar-refractivity contribution in [3.05, 3.63) is 15.6 Å². The number of nitrogens with zero attached hydrogens (tertiary/aromatic N) is 1. The molecule has 0 unspecified atom stereocenters. The second kappa shape index (κ2) is 5.77. The van der Waals surface area contributed by atoms with E-state index < -0.39 is 0 Å². The quantitative estimate of drug-likeness (QED) is 0.880. The molecule has 0 bridgehead atoms. The van der Waals surface area contributed by atoms with E-state index >= 15 is 0 Å². The highest BCUT2D eigenvalue weighted by molar-refractivity contribution is 7.11. The lowest BCUT2D eigenvalue weighted by Gasteiger charge is -2.17. The Labute approximate surface area is 111 Å². The molecule has 0 aliphatic carbocycles. The summed E-state index contributed by atoms with van der Waals surface area (Å²) in [6.45, 7) is 4.94. The highest BCUT2D eigenvalue weighted by Gasteiger charge is 2.29. The summed E-state index contributed by atoms with van der Waals surface area (Å²) in [4.78, 5) is 17.3. The second-order valence-corrected chi connectivity index (χ2v) is 5.69. The Morgan fingerprint density at radius 2 is 2.33 bits per heavy atom. The maximum Gasteiger partial charge on any atom is 0.225 e. The molecule has 0 radical (unpaired) electrons. The summed E-state index contributed by atoms with van der Waals surface area (Å²) in [5.41, 5.74) is 0.943. The second-order valence-electron chi connectivity index (χ2n) is 4.40. The third-order valence-electron chi connectivity index (χ3n) is 3.00. The van der Waals surface area contributed by atoms with Gasteiger partial charge in [0.2, 0.25) is 5.91 Å². The van der Waals surface area contributed by atoms with E-state index in [9.17, 15) is 4.79 Å². The minimum absolute atomic E-state index is 0.000648. The van der Waals surface area contributed by atoms with Crippen LogP contribution >= 0.6 is 11.3 Å². The summed E-state index contributed by atoms with van der Waals surface area (Å²) in [7, 11) is 1.63. The molecular weight excluding hydrogens is 252 g/mol. The first-order chi connectivity index (χ1) is 8.60. The number of carbonyl (C=O) groups is 1. The van der Waals surface area contributed by atoms with Gasteiger partial charge in [-0.1, -0.05) is 0 Å². The standard InChI is InChI=1S/C12H18N2O3S/c1-7-11(18-8(2)13-7)4-12(15)14-9-5-17-6-10(9)16-3/h9-10H,4-6H2,1-3H3,(H,14,15)/t9-,10-/m0/s1. The number of nitrogens with one attached hydrogen (secondary N) is 1. The van der Waals surface area contributed by atoms with Crippen LogP contribution in [0.1, 0.15) is 15.6 Å². The molecule has 1 aliphatic rings. The van der Waals surface area contributed by atoms with Gasteiger partial charge in [-0.05, 0) is 13.8 Å². The third-order valence-corrected chi connectivity index (χ3v) is 4.07. The summed E-state index contributed by atoms with van der Waals surface area (Å²) in [6, 6.07) is -0.0446. The Morgan fingerprint density at radius 1 is 1.56 bits per heavy atom. The maximum absolute atomic E-state index is 11.9. The molecule has 1 amide bonds. The largest absolute Gasteiger partial charge is 0.377 e. The Balaban J connectivity index is 1.91. The predicted octanol–water partition coefficient (Wildman–Crippen LogP) is 0.832. The van der Waals surface area contributed by atoms with Crippen LogP contribution in [-0.4, -0.2) is 43.4 Å². The first-order valence-electron chi connectivity index (χ1n) is 5.93. The van der Waals surface area contributed by atoms with Crippen molar-refractivity contribution in [3.63, 3.8) is 0 Å². The number of rotatable bonds is 4. The number of carbonyl (C=O) groups excluding carboxylic acids is 1. The van der Waals surface area contributed by atoms with E-state index in [1.165, 1.54) is 0 Å². The third kappa shape index (κ3) is 3.07. The zero-order chi connectivity index (χ0) is 13.1. The van der Waals surface area contributed by atoms with E-state index in [2.05, 4.69) is 10.3 Å². The highest BCUT2D eigenvalue weighted by atomic mass is 32.1. The van der Waals surface area contributed by atoms with Gasteiger partial charge >= 0.3 is 0 Å². The lowest BCUT2D eigenvalue weighted by Crippen LogP contribution is -2.43. The van der Waals surface area contributed by atoms with E-state index in [4.69, 9.17) is 9.47 Å². The molecule has 1 fully saturated rings. The Bertz CT molecular complexity index is 433. The summed E-state index contributed by atoms with van der Waals surface area (Å²) in [6.07, 6.45) is 0.336. The molecule has 0 aromatic carbocycles. The van der Waals surface area contributed by atoms with Gasteiger partial charge in [0.15, 0.2) is 0 Å². The minimum atomic E-state index is -0.0446. The van der Waals surface area contributed by atoms with Gasteiger partial charge in [0.25, 0.3) is 0 Å². The number of aromatic nitrogens is 1. The molecule has 6 heteroatoms. The number of thiazole rings is 1. The van der Waals surface area contributed by atoms with Crippen LogP contribution in [0.3, 0.4) is 0 Å². The molecule has 1 aromatic heterocycles. The van der Waals surface area contributed by atoms with Crippen LogP contribution in [-0.2, 0) is 20.7 Å². The molecule has 0 saturated carbocycles. The molecule has 2 atom stereocenters. The first kappa shape index (κ1) is 13.5. The number of hydrogen-bond donors (Lipinski definition) is 1. The van der Waals surface area contributed by atoms with E-state index in [0.717, 1.165) is 15.6 Å². The van der Waals surface area contributed by atoms with Crippen molar-refractivity contribution in [2.24, 2.45) is 0 Å². The van der Waals surface area contributed by atoms with Gasteiger partial charge in [-0.15, -0.1) is 11.3 Å². The van der Waals surface area contributed by atoms with Gasteiger partial charge in [-0.2, -0.15) is 0 Å². The van der Waals surface area contributed by atoms with Crippen LogP contribution in [0.5, 0.6) is 0 Å². The maximum atomic E-state index is 11.9. The number of aryl methyl sites for hydroxylation is 2. The molecule has 1 saturated heterocycles. The molecule has 1 N–H and O–H groups in total. The molecule has 2 heterocycles. The van der Waals surface area contributed by atoms with Crippen LogP contribution in [0.2, 0.25) is 0 Å². The van der Waals surface area contributed by atoms with Crippen molar-refractivity contribution in [1.29, 1.82) is 0 Å². The molecule has 5 nitrogen and oxygen atoms in total.